The Kier molecular flexibility index (Phi) is 5.68. The lowest BCUT2D eigenvalue weighted by atomic mass is 9.98. The Labute approximate surface area is 89.9 Å². The molecule has 0 rings (SSSR count). The molecular weight excluding hydrogens is 172 g/mol. The van der Waals surface area contributed by atoms with Crippen LogP contribution in [0.3, 0.4) is 0 Å². The monoisotopic (exact) mass is 200 g/mol. The van der Waals surface area contributed by atoms with E-state index in [-0.39, 0.29) is 5.54 Å². The molecule has 86 valence electrons. The molecule has 1 atom stereocenters. The number of nitrogens with two attached hydrogens (primary N) is 1. The third-order valence-electron chi connectivity index (χ3n) is 2.70. The summed E-state index contributed by atoms with van der Waals surface area (Å²) >= 11 is 0. The molecule has 0 aromatic carbocycles. The second-order valence-electron chi connectivity index (χ2n) is 5.42. The highest BCUT2D eigenvalue weighted by Crippen LogP contribution is 2.12. The first-order valence-electron chi connectivity index (χ1n) is 5.81. The van der Waals surface area contributed by atoms with Crippen LogP contribution in [0, 0.1) is 5.92 Å². The Morgan fingerprint density at radius 3 is 2.00 bits per heavy atom. The lowest BCUT2D eigenvalue weighted by Gasteiger charge is -2.35. The maximum Gasteiger partial charge on any atom is 0.0252 e. The molecule has 0 bridgehead atoms. The maximum atomic E-state index is 6.19. The van der Waals surface area contributed by atoms with E-state index in [2.05, 4.69) is 46.4 Å². The van der Waals surface area contributed by atoms with E-state index in [0.717, 1.165) is 19.5 Å². The van der Waals surface area contributed by atoms with Crippen molar-refractivity contribution >= 4 is 0 Å². The highest BCUT2D eigenvalue weighted by atomic mass is 15.2. The van der Waals surface area contributed by atoms with Gasteiger partial charge in [-0.2, -0.15) is 0 Å². The molecule has 0 fully saturated rings. The molecule has 0 aromatic rings. The summed E-state index contributed by atoms with van der Waals surface area (Å²) in [5.74, 6) is 0.713. The van der Waals surface area contributed by atoms with Gasteiger partial charge in [0.1, 0.15) is 0 Å². The molecule has 0 radical (unpaired) electrons. The van der Waals surface area contributed by atoms with Crippen molar-refractivity contribution in [3.8, 4) is 0 Å². The van der Waals surface area contributed by atoms with Crippen molar-refractivity contribution in [3.05, 3.63) is 0 Å². The SMILES string of the molecule is CCC(C)(N)CN(CC(C)C)C(C)C. The Bertz CT molecular complexity index is 150. The molecule has 0 aliphatic heterocycles. The molecule has 0 saturated heterocycles. The van der Waals surface area contributed by atoms with Gasteiger partial charge in [0.05, 0.1) is 0 Å². The van der Waals surface area contributed by atoms with E-state index in [4.69, 9.17) is 5.73 Å². The fraction of sp³-hybridized carbons (Fsp3) is 1.00. The third-order valence-corrected chi connectivity index (χ3v) is 2.70. The van der Waals surface area contributed by atoms with Crippen LogP contribution in [0.25, 0.3) is 0 Å². The predicted molar refractivity (Wildman–Crippen MR) is 64.4 cm³/mol. The van der Waals surface area contributed by atoms with Crippen LogP contribution in [-0.4, -0.2) is 29.6 Å². The lowest BCUT2D eigenvalue weighted by molar-refractivity contribution is 0.156. The molecule has 0 aliphatic rings. The van der Waals surface area contributed by atoms with Crippen LogP contribution in [0.2, 0.25) is 0 Å². The van der Waals surface area contributed by atoms with E-state index in [1.165, 1.54) is 0 Å². The van der Waals surface area contributed by atoms with Crippen molar-refractivity contribution < 1.29 is 0 Å². The zero-order chi connectivity index (χ0) is 11.4. The highest BCUT2D eigenvalue weighted by molar-refractivity contribution is 4.82. The van der Waals surface area contributed by atoms with Crippen molar-refractivity contribution in [3.63, 3.8) is 0 Å². The molecule has 1 unspecified atom stereocenters. The summed E-state index contributed by atoms with van der Waals surface area (Å²) in [5.41, 5.74) is 6.15. The van der Waals surface area contributed by atoms with Gasteiger partial charge in [-0.1, -0.05) is 20.8 Å². The number of rotatable bonds is 6. The van der Waals surface area contributed by atoms with E-state index < -0.39 is 0 Å². The van der Waals surface area contributed by atoms with Crippen LogP contribution < -0.4 is 5.73 Å². The molecule has 0 aliphatic carbocycles. The summed E-state index contributed by atoms with van der Waals surface area (Å²) in [7, 11) is 0. The van der Waals surface area contributed by atoms with Crippen LogP contribution >= 0.6 is 0 Å². The molecule has 0 heterocycles. The predicted octanol–water partition coefficient (Wildman–Crippen LogP) is 2.48. The second-order valence-corrected chi connectivity index (χ2v) is 5.42. The molecular formula is C12H28N2. The molecule has 2 nitrogen and oxygen atoms in total. The minimum Gasteiger partial charge on any atom is -0.324 e. The summed E-state index contributed by atoms with van der Waals surface area (Å²) in [6, 6.07) is 0.590. The van der Waals surface area contributed by atoms with Gasteiger partial charge in [-0.3, -0.25) is 4.90 Å². The summed E-state index contributed by atoms with van der Waals surface area (Å²) < 4.78 is 0. The second kappa shape index (κ2) is 5.72. The normalized spacial score (nSPS) is 16.7. The zero-order valence-corrected chi connectivity index (χ0v) is 10.8. The quantitative estimate of drug-likeness (QED) is 0.714. The molecule has 0 saturated carbocycles. The smallest absolute Gasteiger partial charge is 0.0252 e. The first-order chi connectivity index (χ1) is 6.28. The van der Waals surface area contributed by atoms with Gasteiger partial charge in [-0.25, -0.2) is 0 Å². The first kappa shape index (κ1) is 13.9. The molecule has 0 spiro atoms. The largest absolute Gasteiger partial charge is 0.324 e. The van der Waals surface area contributed by atoms with Gasteiger partial charge < -0.3 is 5.73 Å². The van der Waals surface area contributed by atoms with Crippen LogP contribution in [0.1, 0.15) is 48.0 Å². The molecule has 14 heavy (non-hydrogen) atoms. The maximum absolute atomic E-state index is 6.19. The van der Waals surface area contributed by atoms with Gasteiger partial charge >= 0.3 is 0 Å². The highest BCUT2D eigenvalue weighted by Gasteiger charge is 2.22. The van der Waals surface area contributed by atoms with Crippen molar-refractivity contribution in [2.45, 2.75) is 59.5 Å². The Hall–Kier alpha value is -0.0800. The van der Waals surface area contributed by atoms with Crippen LogP contribution in [-0.2, 0) is 0 Å². The average molecular weight is 200 g/mol. The van der Waals surface area contributed by atoms with Gasteiger partial charge in [0.2, 0.25) is 0 Å². The van der Waals surface area contributed by atoms with Crippen LogP contribution in [0.4, 0.5) is 0 Å². The van der Waals surface area contributed by atoms with Crippen molar-refractivity contribution in [1.29, 1.82) is 0 Å². The third kappa shape index (κ3) is 5.61. The summed E-state index contributed by atoms with van der Waals surface area (Å²) in [6.07, 6.45) is 1.04. The van der Waals surface area contributed by atoms with Gasteiger partial charge in [-0.15, -0.1) is 0 Å². The van der Waals surface area contributed by atoms with Crippen LogP contribution in [0.5, 0.6) is 0 Å². The van der Waals surface area contributed by atoms with E-state index in [1.54, 1.807) is 0 Å². The van der Waals surface area contributed by atoms with Crippen molar-refractivity contribution in [1.82, 2.24) is 4.90 Å². The number of hydrogen-bond donors (Lipinski definition) is 1. The van der Waals surface area contributed by atoms with Gasteiger partial charge in [-0.05, 0) is 33.1 Å². The fourth-order valence-electron chi connectivity index (χ4n) is 1.50. The Morgan fingerprint density at radius 1 is 1.21 bits per heavy atom. The minimum atomic E-state index is -0.0425. The average Bonchev–Trinajstić information content (AvgIpc) is 2.02. The summed E-state index contributed by atoms with van der Waals surface area (Å²) in [6.45, 7) is 15.5. The minimum absolute atomic E-state index is 0.0425. The van der Waals surface area contributed by atoms with Gasteiger partial charge in [0, 0.05) is 24.7 Å². The van der Waals surface area contributed by atoms with Gasteiger partial charge in [0.15, 0.2) is 0 Å². The van der Waals surface area contributed by atoms with Gasteiger partial charge in [0.25, 0.3) is 0 Å². The van der Waals surface area contributed by atoms with E-state index >= 15 is 0 Å². The number of hydrogen-bond acceptors (Lipinski definition) is 2. The van der Waals surface area contributed by atoms with E-state index in [9.17, 15) is 0 Å². The summed E-state index contributed by atoms with van der Waals surface area (Å²) in [4.78, 5) is 2.48. The first-order valence-corrected chi connectivity index (χ1v) is 5.81. The Morgan fingerprint density at radius 2 is 1.71 bits per heavy atom. The lowest BCUT2D eigenvalue weighted by Crippen LogP contribution is -2.50. The van der Waals surface area contributed by atoms with Crippen LogP contribution in [0.15, 0.2) is 0 Å². The van der Waals surface area contributed by atoms with Crippen molar-refractivity contribution in [2.75, 3.05) is 13.1 Å². The van der Waals surface area contributed by atoms with E-state index in [1.807, 2.05) is 0 Å². The summed E-state index contributed by atoms with van der Waals surface area (Å²) in [5, 5.41) is 0. The topological polar surface area (TPSA) is 29.3 Å². The molecule has 0 amide bonds. The van der Waals surface area contributed by atoms with E-state index in [0.29, 0.717) is 12.0 Å². The van der Waals surface area contributed by atoms with Crippen molar-refractivity contribution in [2.24, 2.45) is 11.7 Å². The molecule has 2 N–H and O–H groups in total. The standard InChI is InChI=1S/C12H28N2/c1-7-12(6,13)9-14(11(4)5)8-10(2)3/h10-11H,7-9,13H2,1-6H3. The number of nitrogens with zero attached hydrogens (tertiary/aromatic N) is 1. The Balaban J connectivity index is 4.23. The fourth-order valence-corrected chi connectivity index (χ4v) is 1.50. The zero-order valence-electron chi connectivity index (χ0n) is 10.8. The molecule has 0 aromatic heterocycles. The molecule has 2 heteroatoms.